The molecule has 0 fully saturated rings. The summed E-state index contributed by atoms with van der Waals surface area (Å²) >= 11 is 1.07. The summed E-state index contributed by atoms with van der Waals surface area (Å²) < 4.78 is 39.7. The number of rotatable bonds is 6. The van der Waals surface area contributed by atoms with Crippen molar-refractivity contribution in [3.63, 3.8) is 0 Å². The van der Waals surface area contributed by atoms with E-state index in [9.17, 15) is 17.6 Å². The Balaban J connectivity index is 2.32. The lowest BCUT2D eigenvalue weighted by Crippen LogP contribution is -2.31. The topological polar surface area (TPSA) is 66.5 Å². The number of anilines is 1. The number of benzene rings is 1. The van der Waals surface area contributed by atoms with Crippen molar-refractivity contribution >= 4 is 33.0 Å². The van der Waals surface area contributed by atoms with Crippen molar-refractivity contribution in [2.24, 2.45) is 5.92 Å². The van der Waals surface area contributed by atoms with Gasteiger partial charge in [0.1, 0.15) is 15.6 Å². The van der Waals surface area contributed by atoms with Crippen LogP contribution in [0.2, 0.25) is 0 Å². The lowest BCUT2D eigenvalue weighted by Gasteiger charge is -2.19. The van der Waals surface area contributed by atoms with Gasteiger partial charge in [-0.15, -0.1) is 11.3 Å². The fourth-order valence-electron chi connectivity index (χ4n) is 1.98. The Hall–Kier alpha value is -1.93. The molecule has 24 heavy (non-hydrogen) atoms. The molecule has 8 heteroatoms. The van der Waals surface area contributed by atoms with Gasteiger partial charge in [0.2, 0.25) is 0 Å². The fourth-order valence-corrected chi connectivity index (χ4v) is 4.49. The predicted octanol–water partition coefficient (Wildman–Crippen LogP) is 3.10. The number of carbonyl (C=O) groups is 1. The standard InChI is InChI=1S/C16H19FN2O3S2/c1-11(2)10-18-16(20)15-14(8-9-23-15)24(21,22)19(3)13-6-4-12(17)5-7-13/h4-9,11H,10H2,1-3H3,(H,18,20). The molecule has 0 saturated heterocycles. The van der Waals surface area contributed by atoms with Gasteiger partial charge in [0.05, 0.1) is 5.69 Å². The molecule has 1 N–H and O–H groups in total. The van der Waals surface area contributed by atoms with Gasteiger partial charge in [-0.3, -0.25) is 9.10 Å². The number of hydrogen-bond acceptors (Lipinski definition) is 4. The highest BCUT2D eigenvalue weighted by molar-refractivity contribution is 7.93. The van der Waals surface area contributed by atoms with Crippen LogP contribution < -0.4 is 9.62 Å². The van der Waals surface area contributed by atoms with Crippen molar-refractivity contribution < 1.29 is 17.6 Å². The minimum atomic E-state index is -3.92. The zero-order valence-corrected chi connectivity index (χ0v) is 15.2. The van der Waals surface area contributed by atoms with E-state index in [0.717, 1.165) is 15.6 Å². The summed E-state index contributed by atoms with van der Waals surface area (Å²) in [5, 5.41) is 4.29. The van der Waals surface area contributed by atoms with Crippen LogP contribution >= 0.6 is 11.3 Å². The first-order valence-electron chi connectivity index (χ1n) is 7.33. The number of halogens is 1. The number of thiophene rings is 1. The largest absolute Gasteiger partial charge is 0.351 e. The van der Waals surface area contributed by atoms with Gasteiger partial charge in [-0.05, 0) is 41.6 Å². The van der Waals surface area contributed by atoms with Crippen molar-refractivity contribution in [1.29, 1.82) is 0 Å². The Bertz CT molecular complexity index is 814. The fraction of sp³-hybridized carbons (Fsp3) is 0.312. The Morgan fingerprint density at radius 3 is 2.46 bits per heavy atom. The summed E-state index contributed by atoms with van der Waals surface area (Å²) in [7, 11) is -2.54. The number of amides is 1. The maximum Gasteiger partial charge on any atom is 0.265 e. The molecule has 0 radical (unpaired) electrons. The van der Waals surface area contributed by atoms with Crippen LogP contribution in [0.5, 0.6) is 0 Å². The molecular formula is C16H19FN2O3S2. The molecule has 0 spiro atoms. The number of nitrogens with zero attached hydrogens (tertiary/aromatic N) is 1. The van der Waals surface area contributed by atoms with Crippen LogP contribution in [0.4, 0.5) is 10.1 Å². The van der Waals surface area contributed by atoms with Gasteiger partial charge in [-0.25, -0.2) is 12.8 Å². The lowest BCUT2D eigenvalue weighted by molar-refractivity contribution is 0.0950. The van der Waals surface area contributed by atoms with E-state index in [0.29, 0.717) is 12.2 Å². The van der Waals surface area contributed by atoms with Gasteiger partial charge < -0.3 is 5.32 Å². The van der Waals surface area contributed by atoms with Crippen LogP contribution in [0.3, 0.4) is 0 Å². The Morgan fingerprint density at radius 1 is 1.25 bits per heavy atom. The molecule has 0 aliphatic carbocycles. The Labute approximate surface area is 145 Å². The normalized spacial score (nSPS) is 11.5. The summed E-state index contributed by atoms with van der Waals surface area (Å²) in [6.45, 7) is 4.37. The lowest BCUT2D eigenvalue weighted by atomic mass is 10.2. The average Bonchev–Trinajstić information content (AvgIpc) is 3.03. The second-order valence-electron chi connectivity index (χ2n) is 5.67. The summed E-state index contributed by atoms with van der Waals surface area (Å²) in [5.41, 5.74) is 0.316. The van der Waals surface area contributed by atoms with E-state index in [4.69, 9.17) is 0 Å². The smallest absolute Gasteiger partial charge is 0.265 e. The SMILES string of the molecule is CC(C)CNC(=O)c1sccc1S(=O)(=O)N(C)c1ccc(F)cc1. The number of nitrogens with one attached hydrogen (secondary N) is 1. The highest BCUT2D eigenvalue weighted by Crippen LogP contribution is 2.28. The number of carbonyl (C=O) groups excluding carboxylic acids is 1. The molecule has 0 aliphatic rings. The first-order valence-corrected chi connectivity index (χ1v) is 9.65. The summed E-state index contributed by atoms with van der Waals surface area (Å²) in [4.78, 5) is 12.3. The molecule has 1 aromatic heterocycles. The molecule has 0 bridgehead atoms. The van der Waals surface area contributed by atoms with Gasteiger partial charge in [0.15, 0.2) is 0 Å². The molecular weight excluding hydrogens is 351 g/mol. The second-order valence-corrected chi connectivity index (χ2v) is 8.52. The van der Waals surface area contributed by atoms with Gasteiger partial charge >= 0.3 is 0 Å². The number of hydrogen-bond donors (Lipinski definition) is 1. The van der Waals surface area contributed by atoms with Gasteiger partial charge in [-0.1, -0.05) is 13.8 Å². The molecule has 2 rings (SSSR count). The maximum atomic E-state index is 13.0. The first-order chi connectivity index (χ1) is 11.2. The molecule has 0 aliphatic heterocycles. The monoisotopic (exact) mass is 370 g/mol. The molecule has 0 saturated carbocycles. The molecule has 1 aromatic carbocycles. The van der Waals surface area contributed by atoms with Crippen molar-refractivity contribution in [2.45, 2.75) is 18.7 Å². The summed E-state index contributed by atoms with van der Waals surface area (Å²) in [6.07, 6.45) is 0. The van der Waals surface area contributed by atoms with Crippen molar-refractivity contribution in [1.82, 2.24) is 5.32 Å². The molecule has 0 atom stereocenters. The van der Waals surface area contributed by atoms with E-state index in [1.54, 1.807) is 5.38 Å². The van der Waals surface area contributed by atoms with Crippen molar-refractivity contribution in [3.05, 3.63) is 46.4 Å². The average molecular weight is 370 g/mol. The van der Waals surface area contributed by atoms with E-state index in [2.05, 4.69) is 5.32 Å². The number of sulfonamides is 1. The van der Waals surface area contributed by atoms with E-state index in [-0.39, 0.29) is 15.7 Å². The van der Waals surface area contributed by atoms with E-state index in [1.165, 1.54) is 37.4 Å². The first kappa shape index (κ1) is 18.4. The van der Waals surface area contributed by atoms with Crippen LogP contribution in [0, 0.1) is 11.7 Å². The van der Waals surface area contributed by atoms with Crippen LogP contribution in [0.1, 0.15) is 23.5 Å². The molecule has 5 nitrogen and oxygen atoms in total. The Morgan fingerprint density at radius 2 is 1.88 bits per heavy atom. The predicted molar refractivity (Wildman–Crippen MR) is 93.5 cm³/mol. The van der Waals surface area contributed by atoms with Crippen LogP contribution in [0.25, 0.3) is 0 Å². The molecule has 130 valence electrons. The van der Waals surface area contributed by atoms with Crippen LogP contribution in [0.15, 0.2) is 40.6 Å². The van der Waals surface area contributed by atoms with Gasteiger partial charge in [0, 0.05) is 13.6 Å². The van der Waals surface area contributed by atoms with E-state index in [1.807, 2.05) is 13.8 Å². The third kappa shape index (κ3) is 3.93. The molecule has 0 unspecified atom stereocenters. The highest BCUT2D eigenvalue weighted by Gasteiger charge is 2.28. The van der Waals surface area contributed by atoms with E-state index >= 15 is 0 Å². The molecule has 1 amide bonds. The van der Waals surface area contributed by atoms with Gasteiger partial charge in [-0.2, -0.15) is 0 Å². The minimum Gasteiger partial charge on any atom is -0.351 e. The van der Waals surface area contributed by atoms with Crippen molar-refractivity contribution in [3.8, 4) is 0 Å². The van der Waals surface area contributed by atoms with E-state index < -0.39 is 21.7 Å². The van der Waals surface area contributed by atoms with Crippen LogP contribution in [-0.2, 0) is 10.0 Å². The molecule has 2 aromatic rings. The zero-order valence-electron chi connectivity index (χ0n) is 13.6. The summed E-state index contributed by atoms with van der Waals surface area (Å²) in [5.74, 6) is -0.602. The third-order valence-electron chi connectivity index (χ3n) is 3.33. The Kier molecular flexibility index (Phi) is 5.61. The molecule has 1 heterocycles. The maximum absolute atomic E-state index is 13.0. The summed E-state index contributed by atoms with van der Waals surface area (Å²) in [6, 6.07) is 6.52. The van der Waals surface area contributed by atoms with Crippen LogP contribution in [-0.4, -0.2) is 27.9 Å². The second kappa shape index (κ2) is 7.31. The quantitative estimate of drug-likeness (QED) is 0.850. The minimum absolute atomic E-state index is 0.0550. The van der Waals surface area contributed by atoms with Crippen molar-refractivity contribution in [2.75, 3.05) is 17.9 Å². The highest BCUT2D eigenvalue weighted by atomic mass is 32.2. The third-order valence-corrected chi connectivity index (χ3v) is 6.21. The zero-order chi connectivity index (χ0) is 17.9. The van der Waals surface area contributed by atoms with Gasteiger partial charge in [0.25, 0.3) is 15.9 Å².